The van der Waals surface area contributed by atoms with Crippen molar-refractivity contribution < 1.29 is 29.0 Å². The Morgan fingerprint density at radius 3 is 2.50 bits per heavy atom. The lowest BCUT2D eigenvalue weighted by Crippen LogP contribution is -2.46. The molecule has 8 heteroatoms. The second-order valence-corrected chi connectivity index (χ2v) is 7.34. The summed E-state index contributed by atoms with van der Waals surface area (Å²) in [6, 6.07) is 13.3. The molecule has 166 valence electrons. The van der Waals surface area contributed by atoms with Gasteiger partial charge < -0.3 is 14.7 Å². The van der Waals surface area contributed by atoms with Gasteiger partial charge in [-0.3, -0.25) is 14.4 Å². The Hall–Kier alpha value is -3.94. The van der Waals surface area contributed by atoms with Crippen molar-refractivity contribution in [1.29, 1.82) is 0 Å². The molecule has 0 spiro atoms. The zero-order valence-electron chi connectivity index (χ0n) is 17.9. The molecule has 32 heavy (non-hydrogen) atoms. The Morgan fingerprint density at radius 1 is 1.12 bits per heavy atom. The van der Waals surface area contributed by atoms with Crippen molar-refractivity contribution in [2.45, 2.75) is 25.8 Å². The molecule has 8 nitrogen and oxygen atoms in total. The van der Waals surface area contributed by atoms with Gasteiger partial charge in [0.25, 0.3) is 5.91 Å². The smallest absolute Gasteiger partial charge is 0.328 e. The van der Waals surface area contributed by atoms with Gasteiger partial charge >= 0.3 is 5.97 Å². The highest BCUT2D eigenvalue weighted by Crippen LogP contribution is 2.29. The largest absolute Gasteiger partial charge is 0.496 e. The fraction of sp³-hybridized carbons (Fsp3) is 0.250. The maximum Gasteiger partial charge on any atom is 0.328 e. The number of rotatable bonds is 8. The topological polar surface area (TPSA) is 104 Å². The minimum atomic E-state index is -1.28. The average Bonchev–Trinajstić information content (AvgIpc) is 3.06. The number of carboxylic acids is 1. The highest BCUT2D eigenvalue weighted by Gasteiger charge is 2.44. The first-order valence-corrected chi connectivity index (χ1v) is 10.1. The first-order valence-electron chi connectivity index (χ1n) is 10.1. The van der Waals surface area contributed by atoms with E-state index in [4.69, 9.17) is 9.84 Å². The highest BCUT2D eigenvalue weighted by molar-refractivity contribution is 6.23. The molecule has 3 rings (SSSR count). The number of carboxylic acid groups (broad SMARTS) is 1. The lowest BCUT2D eigenvalue weighted by Gasteiger charge is -2.27. The number of carbonyl (C=O) groups excluding carboxylic acids is 3. The first kappa shape index (κ1) is 22.7. The lowest BCUT2D eigenvalue weighted by molar-refractivity contribution is -0.135. The predicted octanol–water partition coefficient (Wildman–Crippen LogP) is 2.35. The van der Waals surface area contributed by atoms with Crippen molar-refractivity contribution in [3.05, 3.63) is 71.8 Å². The molecule has 1 saturated heterocycles. The van der Waals surface area contributed by atoms with Gasteiger partial charge in [-0.05, 0) is 36.6 Å². The summed E-state index contributed by atoms with van der Waals surface area (Å²) in [5.41, 5.74) is 2.05. The van der Waals surface area contributed by atoms with E-state index in [1.807, 2.05) is 18.2 Å². The van der Waals surface area contributed by atoms with Gasteiger partial charge in [-0.2, -0.15) is 0 Å². The summed E-state index contributed by atoms with van der Waals surface area (Å²) in [7, 11) is 1.54. The molecule has 3 amide bonds. The van der Waals surface area contributed by atoms with Crippen LogP contribution in [0.4, 0.5) is 5.69 Å². The third-order valence-corrected chi connectivity index (χ3v) is 5.32. The zero-order valence-corrected chi connectivity index (χ0v) is 17.9. The SMILES string of the molecule is COc1ccccc1CCN(C(=O)/C=C\C(=O)O)[C@@H]1CC(=O)N(c2ccccc2C)C1=O. The summed E-state index contributed by atoms with van der Waals surface area (Å²) in [4.78, 5) is 52.1. The lowest BCUT2D eigenvalue weighted by atomic mass is 10.1. The van der Waals surface area contributed by atoms with E-state index in [-0.39, 0.29) is 13.0 Å². The van der Waals surface area contributed by atoms with Gasteiger partial charge in [-0.1, -0.05) is 36.4 Å². The van der Waals surface area contributed by atoms with Crippen LogP contribution < -0.4 is 9.64 Å². The van der Waals surface area contributed by atoms with Gasteiger partial charge in [0.05, 0.1) is 19.2 Å². The molecule has 0 unspecified atom stereocenters. The number of carbonyl (C=O) groups is 4. The molecule has 1 heterocycles. The normalized spacial score (nSPS) is 15.9. The van der Waals surface area contributed by atoms with Gasteiger partial charge in [0.1, 0.15) is 11.8 Å². The number of nitrogens with zero attached hydrogens (tertiary/aromatic N) is 2. The van der Waals surface area contributed by atoms with Crippen molar-refractivity contribution in [1.82, 2.24) is 4.90 Å². The number of hydrogen-bond acceptors (Lipinski definition) is 5. The van der Waals surface area contributed by atoms with Crippen LogP contribution in [-0.2, 0) is 25.6 Å². The Kier molecular flexibility index (Phi) is 7.04. The average molecular weight is 436 g/mol. The van der Waals surface area contributed by atoms with Crippen molar-refractivity contribution in [2.75, 3.05) is 18.6 Å². The monoisotopic (exact) mass is 436 g/mol. The highest BCUT2D eigenvalue weighted by atomic mass is 16.5. The van der Waals surface area contributed by atoms with E-state index in [1.165, 1.54) is 12.0 Å². The van der Waals surface area contributed by atoms with Crippen molar-refractivity contribution in [3.8, 4) is 5.75 Å². The van der Waals surface area contributed by atoms with Crippen LogP contribution in [0.3, 0.4) is 0 Å². The fourth-order valence-electron chi connectivity index (χ4n) is 3.74. The number of aryl methyl sites for hydroxylation is 1. The molecule has 0 radical (unpaired) electrons. The summed E-state index contributed by atoms with van der Waals surface area (Å²) in [5.74, 6) is -2.22. The Balaban J connectivity index is 1.90. The van der Waals surface area contributed by atoms with E-state index in [0.29, 0.717) is 17.9 Å². The molecule has 0 saturated carbocycles. The van der Waals surface area contributed by atoms with Gasteiger partial charge in [0.2, 0.25) is 11.8 Å². The van der Waals surface area contributed by atoms with Crippen LogP contribution in [0.5, 0.6) is 5.75 Å². The second kappa shape index (κ2) is 9.91. The number of hydrogen-bond donors (Lipinski definition) is 1. The van der Waals surface area contributed by atoms with Crippen LogP contribution in [0.15, 0.2) is 60.7 Å². The molecule has 1 N–H and O–H groups in total. The number of amides is 3. The first-order chi connectivity index (χ1) is 15.3. The molecule has 2 aromatic carbocycles. The Labute approximate surface area is 185 Å². The van der Waals surface area contributed by atoms with Crippen LogP contribution in [0, 0.1) is 6.92 Å². The quantitative estimate of drug-likeness (QED) is 0.503. The van der Waals surface area contributed by atoms with Crippen molar-refractivity contribution >= 4 is 29.4 Å². The van der Waals surface area contributed by atoms with Crippen LogP contribution >= 0.6 is 0 Å². The number of benzene rings is 2. The summed E-state index contributed by atoms with van der Waals surface area (Å²) >= 11 is 0. The zero-order chi connectivity index (χ0) is 23.3. The second-order valence-electron chi connectivity index (χ2n) is 7.34. The number of anilines is 1. The van der Waals surface area contributed by atoms with Crippen LogP contribution in [-0.4, -0.2) is 53.4 Å². The number of aliphatic carboxylic acids is 1. The number of ether oxygens (including phenoxy) is 1. The maximum absolute atomic E-state index is 13.2. The summed E-state index contributed by atoms with van der Waals surface area (Å²) in [5, 5.41) is 8.90. The van der Waals surface area contributed by atoms with Gasteiger partial charge in [0, 0.05) is 18.7 Å². The van der Waals surface area contributed by atoms with Crippen LogP contribution in [0.1, 0.15) is 17.5 Å². The molecular formula is C24H24N2O6. The van der Waals surface area contributed by atoms with Crippen molar-refractivity contribution in [2.24, 2.45) is 0 Å². The number of para-hydroxylation sites is 2. The molecule has 1 aliphatic rings. The minimum Gasteiger partial charge on any atom is -0.496 e. The Bertz CT molecular complexity index is 1080. The van der Waals surface area contributed by atoms with Gasteiger partial charge in [-0.15, -0.1) is 0 Å². The summed E-state index contributed by atoms with van der Waals surface area (Å²) < 4.78 is 5.34. The predicted molar refractivity (Wildman–Crippen MR) is 117 cm³/mol. The van der Waals surface area contributed by atoms with E-state index < -0.39 is 29.7 Å². The minimum absolute atomic E-state index is 0.106. The molecule has 1 fully saturated rings. The van der Waals surface area contributed by atoms with E-state index in [1.54, 1.807) is 37.3 Å². The molecule has 1 atom stereocenters. The van der Waals surface area contributed by atoms with E-state index in [2.05, 4.69) is 0 Å². The molecule has 1 aliphatic heterocycles. The van der Waals surface area contributed by atoms with Gasteiger partial charge in [-0.25, -0.2) is 9.69 Å². The number of imide groups is 1. The van der Waals surface area contributed by atoms with Crippen LogP contribution in [0.25, 0.3) is 0 Å². The number of methoxy groups -OCH3 is 1. The van der Waals surface area contributed by atoms with E-state index >= 15 is 0 Å². The van der Waals surface area contributed by atoms with Crippen molar-refractivity contribution in [3.63, 3.8) is 0 Å². The molecule has 2 aromatic rings. The fourth-order valence-corrected chi connectivity index (χ4v) is 3.74. The molecular weight excluding hydrogens is 412 g/mol. The van der Waals surface area contributed by atoms with E-state index in [0.717, 1.165) is 28.2 Å². The van der Waals surface area contributed by atoms with E-state index in [9.17, 15) is 19.2 Å². The molecule has 0 bridgehead atoms. The standard InChI is InChI=1S/C24H24N2O6/c1-16-7-3-5-9-18(16)26-22(28)15-19(24(26)31)25(21(27)11-12-23(29)30)14-13-17-8-4-6-10-20(17)32-2/h3-12,19H,13-15H2,1-2H3,(H,29,30)/b12-11-/t19-/m1/s1. The molecule has 0 aromatic heterocycles. The molecule has 0 aliphatic carbocycles. The maximum atomic E-state index is 13.2. The third-order valence-electron chi connectivity index (χ3n) is 5.32. The third kappa shape index (κ3) is 4.85. The summed E-state index contributed by atoms with van der Waals surface area (Å²) in [6.07, 6.45) is 1.81. The van der Waals surface area contributed by atoms with Crippen LogP contribution in [0.2, 0.25) is 0 Å². The van der Waals surface area contributed by atoms with Gasteiger partial charge in [0.15, 0.2) is 0 Å². The Morgan fingerprint density at radius 2 is 1.81 bits per heavy atom. The summed E-state index contributed by atoms with van der Waals surface area (Å²) in [6.45, 7) is 1.90.